The number of likely N-dealkylation sites (N-methyl/N-ethyl adjacent to an activating group) is 1. The monoisotopic (exact) mass is 249 g/mol. The maximum atomic E-state index is 11.1. The Balaban J connectivity index is 2.24. The van der Waals surface area contributed by atoms with E-state index in [0.29, 0.717) is 18.8 Å². The zero-order chi connectivity index (χ0) is 13.2. The largest absolute Gasteiger partial charge is 0.384 e. The van der Waals surface area contributed by atoms with E-state index >= 15 is 0 Å². The van der Waals surface area contributed by atoms with Crippen LogP contribution in [-0.2, 0) is 16.1 Å². The van der Waals surface area contributed by atoms with Crippen molar-refractivity contribution < 1.29 is 9.63 Å². The number of aryl methyl sites for hydroxylation is 1. The normalized spacial score (nSPS) is 11.1. The first-order chi connectivity index (χ1) is 8.72. The maximum absolute atomic E-state index is 11.1. The molecule has 1 amide bonds. The number of hydrogen-bond acceptors (Lipinski definition) is 3. The van der Waals surface area contributed by atoms with Gasteiger partial charge in [-0.15, -0.1) is 0 Å². The fourth-order valence-electron chi connectivity index (χ4n) is 1.38. The minimum Gasteiger partial charge on any atom is -0.384 e. The van der Waals surface area contributed by atoms with Gasteiger partial charge in [0, 0.05) is 13.0 Å². The number of oxime groups is 1. The van der Waals surface area contributed by atoms with Crippen LogP contribution in [0.15, 0.2) is 35.5 Å². The van der Waals surface area contributed by atoms with E-state index in [9.17, 15) is 4.79 Å². The van der Waals surface area contributed by atoms with Gasteiger partial charge in [0.15, 0.2) is 6.61 Å². The number of amidine groups is 1. The molecule has 0 aliphatic heterocycles. The van der Waals surface area contributed by atoms with Gasteiger partial charge in [0.05, 0.1) is 0 Å². The second-order valence-corrected chi connectivity index (χ2v) is 3.80. The van der Waals surface area contributed by atoms with Gasteiger partial charge in [0.25, 0.3) is 5.91 Å². The smallest absolute Gasteiger partial charge is 0.260 e. The first-order valence-corrected chi connectivity index (χ1v) is 5.97. The van der Waals surface area contributed by atoms with Crippen molar-refractivity contribution in [3.05, 3.63) is 35.9 Å². The summed E-state index contributed by atoms with van der Waals surface area (Å²) < 4.78 is 0. The van der Waals surface area contributed by atoms with Crippen LogP contribution in [0.5, 0.6) is 0 Å². The van der Waals surface area contributed by atoms with Crippen molar-refractivity contribution in [1.29, 1.82) is 0 Å². The molecule has 1 rings (SSSR count). The Bertz CT molecular complexity index is 390. The Hall–Kier alpha value is -2.04. The molecule has 0 aliphatic rings. The van der Waals surface area contributed by atoms with E-state index in [1.807, 2.05) is 37.3 Å². The number of nitrogens with zero attached hydrogens (tertiary/aromatic N) is 1. The van der Waals surface area contributed by atoms with Crippen LogP contribution in [0.3, 0.4) is 0 Å². The van der Waals surface area contributed by atoms with Gasteiger partial charge in [-0.25, -0.2) is 0 Å². The van der Waals surface area contributed by atoms with Crippen LogP contribution in [0.1, 0.15) is 18.9 Å². The molecule has 98 valence electrons. The van der Waals surface area contributed by atoms with E-state index < -0.39 is 0 Å². The lowest BCUT2D eigenvalue weighted by Crippen LogP contribution is -2.26. The molecular formula is C13H19N3O2. The molecule has 0 fully saturated rings. The molecule has 0 bridgehead atoms. The number of amides is 1. The molecule has 1 aromatic rings. The van der Waals surface area contributed by atoms with Gasteiger partial charge in [-0.3, -0.25) is 4.79 Å². The third-order valence-electron chi connectivity index (χ3n) is 2.26. The van der Waals surface area contributed by atoms with E-state index in [-0.39, 0.29) is 12.5 Å². The Morgan fingerprint density at radius 2 is 2.11 bits per heavy atom. The highest BCUT2D eigenvalue weighted by Gasteiger charge is 2.00. The second-order valence-electron chi connectivity index (χ2n) is 3.80. The third-order valence-corrected chi connectivity index (χ3v) is 2.26. The van der Waals surface area contributed by atoms with Crippen molar-refractivity contribution in [1.82, 2.24) is 5.32 Å². The van der Waals surface area contributed by atoms with Crippen LogP contribution in [0.4, 0.5) is 0 Å². The predicted molar refractivity (Wildman–Crippen MR) is 71.0 cm³/mol. The molecule has 18 heavy (non-hydrogen) atoms. The van der Waals surface area contributed by atoms with Crippen molar-refractivity contribution in [3.63, 3.8) is 0 Å². The van der Waals surface area contributed by atoms with Crippen LogP contribution >= 0.6 is 0 Å². The number of hydrogen-bond donors (Lipinski definition) is 2. The Morgan fingerprint density at radius 1 is 1.39 bits per heavy atom. The molecule has 0 saturated carbocycles. The Morgan fingerprint density at radius 3 is 2.78 bits per heavy atom. The highest BCUT2D eigenvalue weighted by Crippen LogP contribution is 2.02. The quantitative estimate of drug-likeness (QED) is 0.430. The van der Waals surface area contributed by atoms with Crippen LogP contribution in [0.2, 0.25) is 0 Å². The second kappa shape index (κ2) is 8.11. The van der Waals surface area contributed by atoms with Gasteiger partial charge in [0.2, 0.25) is 0 Å². The number of nitrogens with two attached hydrogens (primary N) is 1. The van der Waals surface area contributed by atoms with Crippen molar-refractivity contribution in [3.8, 4) is 0 Å². The first kappa shape index (κ1) is 14.0. The minimum atomic E-state index is -0.197. The lowest BCUT2D eigenvalue weighted by atomic mass is 10.1. The van der Waals surface area contributed by atoms with E-state index in [1.54, 1.807) is 0 Å². The van der Waals surface area contributed by atoms with E-state index in [4.69, 9.17) is 10.6 Å². The van der Waals surface area contributed by atoms with Crippen molar-refractivity contribution >= 4 is 11.7 Å². The van der Waals surface area contributed by atoms with Gasteiger partial charge in [-0.1, -0.05) is 35.5 Å². The average molecular weight is 249 g/mol. The summed E-state index contributed by atoms with van der Waals surface area (Å²) >= 11 is 0. The molecule has 0 saturated heterocycles. The molecular weight excluding hydrogens is 230 g/mol. The summed E-state index contributed by atoms with van der Waals surface area (Å²) in [6, 6.07) is 9.99. The molecule has 0 radical (unpaired) electrons. The topological polar surface area (TPSA) is 76.7 Å². The molecule has 5 nitrogen and oxygen atoms in total. The zero-order valence-electron chi connectivity index (χ0n) is 10.6. The number of carbonyl (C=O) groups excluding carboxylic acids is 1. The van der Waals surface area contributed by atoms with Crippen LogP contribution in [0.25, 0.3) is 0 Å². The standard InChI is InChI=1S/C13H19N3O2/c1-2-15-13(17)10-18-16-12(14)9-8-11-6-4-3-5-7-11/h3-7H,2,8-10H2,1H3,(H2,14,16)(H,15,17). The van der Waals surface area contributed by atoms with Crippen molar-refractivity contribution in [2.45, 2.75) is 19.8 Å². The number of benzene rings is 1. The Labute approximate surface area is 107 Å². The Kier molecular flexibility index (Phi) is 6.32. The summed E-state index contributed by atoms with van der Waals surface area (Å²) in [5, 5.41) is 6.30. The van der Waals surface area contributed by atoms with Crippen LogP contribution in [0, 0.1) is 0 Å². The zero-order valence-corrected chi connectivity index (χ0v) is 10.6. The maximum Gasteiger partial charge on any atom is 0.260 e. The SMILES string of the molecule is CCNC(=O)CO/N=C(\N)CCc1ccccc1. The van der Waals surface area contributed by atoms with E-state index in [0.717, 1.165) is 6.42 Å². The minimum absolute atomic E-state index is 0.0973. The highest BCUT2D eigenvalue weighted by molar-refractivity contribution is 5.80. The summed E-state index contributed by atoms with van der Waals surface area (Å²) in [4.78, 5) is 15.9. The van der Waals surface area contributed by atoms with Gasteiger partial charge in [-0.2, -0.15) is 0 Å². The molecule has 0 unspecified atom stereocenters. The summed E-state index contributed by atoms with van der Waals surface area (Å²) in [6.07, 6.45) is 1.42. The summed E-state index contributed by atoms with van der Waals surface area (Å²) in [5.41, 5.74) is 6.87. The lowest BCUT2D eigenvalue weighted by Gasteiger charge is -2.03. The van der Waals surface area contributed by atoms with Crippen LogP contribution < -0.4 is 11.1 Å². The molecule has 5 heteroatoms. The summed E-state index contributed by atoms with van der Waals surface area (Å²) in [7, 11) is 0. The average Bonchev–Trinajstić information content (AvgIpc) is 2.38. The van der Waals surface area contributed by atoms with E-state index in [1.165, 1.54) is 5.56 Å². The van der Waals surface area contributed by atoms with Gasteiger partial charge >= 0.3 is 0 Å². The fourth-order valence-corrected chi connectivity index (χ4v) is 1.38. The first-order valence-electron chi connectivity index (χ1n) is 5.97. The number of nitrogens with one attached hydrogen (secondary N) is 1. The fraction of sp³-hybridized carbons (Fsp3) is 0.385. The van der Waals surface area contributed by atoms with E-state index in [2.05, 4.69) is 10.5 Å². The molecule has 0 aliphatic carbocycles. The van der Waals surface area contributed by atoms with Gasteiger partial charge in [-0.05, 0) is 18.9 Å². The van der Waals surface area contributed by atoms with Crippen molar-refractivity contribution in [2.24, 2.45) is 10.9 Å². The lowest BCUT2D eigenvalue weighted by molar-refractivity contribution is -0.125. The summed E-state index contributed by atoms with van der Waals surface area (Å²) in [5.74, 6) is 0.195. The molecule has 3 N–H and O–H groups in total. The third kappa shape index (κ3) is 5.89. The van der Waals surface area contributed by atoms with Crippen LogP contribution in [-0.4, -0.2) is 24.9 Å². The van der Waals surface area contributed by atoms with Gasteiger partial charge < -0.3 is 15.9 Å². The predicted octanol–water partition coefficient (Wildman–Crippen LogP) is 1.04. The number of rotatable bonds is 7. The molecule has 0 aromatic heterocycles. The summed E-state index contributed by atoms with van der Waals surface area (Å²) in [6.45, 7) is 2.32. The van der Waals surface area contributed by atoms with Gasteiger partial charge in [0.1, 0.15) is 5.84 Å². The molecule has 0 heterocycles. The highest BCUT2D eigenvalue weighted by atomic mass is 16.6. The molecule has 0 spiro atoms. The molecule has 0 atom stereocenters. The molecule has 1 aromatic carbocycles. The van der Waals surface area contributed by atoms with Crippen molar-refractivity contribution in [2.75, 3.05) is 13.2 Å². The number of carbonyl (C=O) groups is 1.